The number of amides is 1. The Kier molecular flexibility index (Phi) is 3.88. The number of nitrogens with one attached hydrogen (secondary N) is 1. The van der Waals surface area contributed by atoms with Crippen molar-refractivity contribution in [1.29, 1.82) is 0 Å². The quantitative estimate of drug-likeness (QED) is 0.786. The molecule has 2 heterocycles. The van der Waals surface area contributed by atoms with Crippen LogP contribution in [0.3, 0.4) is 0 Å². The first-order chi connectivity index (χ1) is 10.5. The van der Waals surface area contributed by atoms with Crippen molar-refractivity contribution in [2.45, 2.75) is 27.3 Å². The van der Waals surface area contributed by atoms with Crippen LogP contribution < -0.4 is 5.32 Å². The van der Waals surface area contributed by atoms with Crippen molar-refractivity contribution in [2.24, 2.45) is 0 Å². The van der Waals surface area contributed by atoms with Gasteiger partial charge < -0.3 is 4.57 Å². The van der Waals surface area contributed by atoms with Crippen LogP contribution in [-0.2, 0) is 6.54 Å². The first-order valence-electron chi connectivity index (χ1n) is 6.91. The number of carbonyl (C=O) groups is 1. The molecule has 3 rings (SSSR count). The maximum absolute atomic E-state index is 12.7. The van der Waals surface area contributed by atoms with Crippen LogP contribution in [0.25, 0.3) is 10.9 Å². The maximum Gasteiger partial charge on any atom is 0.274 e. The van der Waals surface area contributed by atoms with Gasteiger partial charge >= 0.3 is 0 Å². The topological polar surface area (TPSA) is 59.8 Å². The Hall–Kier alpha value is -1.92. The van der Waals surface area contributed by atoms with Crippen LogP contribution in [0.4, 0.5) is 5.13 Å². The maximum atomic E-state index is 12.7. The molecule has 0 aliphatic rings. The molecule has 0 fully saturated rings. The summed E-state index contributed by atoms with van der Waals surface area (Å²) in [4.78, 5) is 12.7. The zero-order chi connectivity index (χ0) is 15.9. The fourth-order valence-electron chi connectivity index (χ4n) is 2.62. The van der Waals surface area contributed by atoms with E-state index in [1.54, 1.807) is 0 Å². The van der Waals surface area contributed by atoms with Crippen molar-refractivity contribution in [3.05, 3.63) is 39.5 Å². The number of aryl methyl sites for hydroxylation is 3. The number of aromatic nitrogens is 3. The summed E-state index contributed by atoms with van der Waals surface area (Å²) < 4.78 is 1.99. The highest BCUT2D eigenvalue weighted by Gasteiger charge is 2.20. The van der Waals surface area contributed by atoms with Crippen molar-refractivity contribution >= 4 is 44.9 Å². The lowest BCUT2D eigenvalue weighted by Crippen LogP contribution is -2.17. The lowest BCUT2D eigenvalue weighted by molar-refractivity contribution is 0.101. The SMILES string of the molecule is CCn1c(C(=O)Nc2nnc(C)s2)c(C)c2cc(Cl)ccc21. The van der Waals surface area contributed by atoms with E-state index in [1.807, 2.05) is 43.5 Å². The summed E-state index contributed by atoms with van der Waals surface area (Å²) in [7, 11) is 0. The second-order valence-corrected chi connectivity index (χ2v) is 6.58. The van der Waals surface area contributed by atoms with Crippen LogP contribution in [0.15, 0.2) is 18.2 Å². The fourth-order valence-corrected chi connectivity index (χ4v) is 3.38. The number of anilines is 1. The summed E-state index contributed by atoms with van der Waals surface area (Å²) in [6.07, 6.45) is 0. The Labute approximate surface area is 136 Å². The van der Waals surface area contributed by atoms with Crippen LogP contribution >= 0.6 is 22.9 Å². The van der Waals surface area contributed by atoms with Gasteiger partial charge in [0.25, 0.3) is 5.91 Å². The number of fused-ring (bicyclic) bond motifs is 1. The summed E-state index contributed by atoms with van der Waals surface area (Å²) >= 11 is 7.44. The lowest BCUT2D eigenvalue weighted by atomic mass is 10.1. The molecule has 2 aromatic heterocycles. The van der Waals surface area contributed by atoms with Crippen molar-refractivity contribution in [3.63, 3.8) is 0 Å². The number of halogens is 1. The molecular weight excluding hydrogens is 320 g/mol. The number of hydrogen-bond donors (Lipinski definition) is 1. The van der Waals surface area contributed by atoms with E-state index in [4.69, 9.17) is 11.6 Å². The van der Waals surface area contributed by atoms with Crippen molar-refractivity contribution in [2.75, 3.05) is 5.32 Å². The van der Waals surface area contributed by atoms with Crippen LogP contribution in [0.5, 0.6) is 0 Å². The largest absolute Gasteiger partial charge is 0.337 e. The summed E-state index contributed by atoms with van der Waals surface area (Å²) in [6, 6.07) is 5.68. The molecule has 0 radical (unpaired) electrons. The molecule has 1 amide bonds. The van der Waals surface area contributed by atoms with Crippen LogP contribution in [0.2, 0.25) is 5.02 Å². The van der Waals surface area contributed by atoms with E-state index in [-0.39, 0.29) is 5.91 Å². The number of hydrogen-bond acceptors (Lipinski definition) is 4. The van der Waals surface area contributed by atoms with Gasteiger partial charge in [0.1, 0.15) is 10.7 Å². The molecule has 0 spiro atoms. The number of benzene rings is 1. The van der Waals surface area contributed by atoms with Crippen molar-refractivity contribution in [3.8, 4) is 0 Å². The molecule has 3 aromatic rings. The highest BCUT2D eigenvalue weighted by Crippen LogP contribution is 2.29. The van der Waals surface area contributed by atoms with Gasteiger partial charge in [0.2, 0.25) is 5.13 Å². The Morgan fingerprint density at radius 2 is 2.14 bits per heavy atom. The van der Waals surface area contributed by atoms with E-state index in [9.17, 15) is 4.79 Å². The van der Waals surface area contributed by atoms with Crippen molar-refractivity contribution in [1.82, 2.24) is 14.8 Å². The molecule has 0 saturated carbocycles. The average molecular weight is 335 g/mol. The first-order valence-corrected chi connectivity index (χ1v) is 8.10. The van der Waals surface area contributed by atoms with E-state index >= 15 is 0 Å². The fraction of sp³-hybridized carbons (Fsp3) is 0.267. The molecule has 0 unspecified atom stereocenters. The van der Waals surface area contributed by atoms with Crippen molar-refractivity contribution < 1.29 is 4.79 Å². The smallest absolute Gasteiger partial charge is 0.274 e. The Balaban J connectivity index is 2.09. The minimum atomic E-state index is -0.178. The Morgan fingerprint density at radius 1 is 1.36 bits per heavy atom. The Bertz CT molecular complexity index is 868. The average Bonchev–Trinajstić information content (AvgIpc) is 3.00. The van der Waals surface area contributed by atoms with Crippen LogP contribution in [0, 0.1) is 13.8 Å². The van der Waals surface area contributed by atoms with Gasteiger partial charge in [0.05, 0.1) is 0 Å². The molecule has 0 aliphatic heterocycles. The van der Waals surface area contributed by atoms with Gasteiger partial charge in [0, 0.05) is 22.5 Å². The number of nitrogens with zero attached hydrogens (tertiary/aromatic N) is 3. The minimum Gasteiger partial charge on any atom is -0.337 e. The lowest BCUT2D eigenvalue weighted by Gasteiger charge is -2.08. The monoisotopic (exact) mass is 334 g/mol. The Morgan fingerprint density at radius 3 is 2.77 bits per heavy atom. The van der Waals surface area contributed by atoms with E-state index < -0.39 is 0 Å². The molecule has 1 N–H and O–H groups in total. The third kappa shape index (κ3) is 2.48. The first kappa shape index (κ1) is 15.0. The summed E-state index contributed by atoms with van der Waals surface area (Å²) in [6.45, 7) is 6.50. The summed E-state index contributed by atoms with van der Waals surface area (Å²) in [5.41, 5.74) is 2.55. The van der Waals surface area contributed by atoms with Gasteiger partial charge in [-0.05, 0) is 44.5 Å². The van der Waals surface area contributed by atoms with Gasteiger partial charge in [-0.15, -0.1) is 10.2 Å². The third-order valence-corrected chi connectivity index (χ3v) is 4.55. The second kappa shape index (κ2) is 5.70. The van der Waals surface area contributed by atoms with E-state index in [2.05, 4.69) is 15.5 Å². The van der Waals surface area contributed by atoms with Gasteiger partial charge in [-0.1, -0.05) is 22.9 Å². The molecule has 0 aliphatic carbocycles. The van der Waals surface area contributed by atoms with Gasteiger partial charge in [-0.25, -0.2) is 0 Å². The molecule has 7 heteroatoms. The van der Waals surface area contributed by atoms with E-state index in [0.717, 1.165) is 21.5 Å². The van der Waals surface area contributed by atoms with Gasteiger partial charge in [0.15, 0.2) is 0 Å². The molecule has 5 nitrogen and oxygen atoms in total. The highest BCUT2D eigenvalue weighted by atomic mass is 35.5. The molecule has 0 atom stereocenters. The molecule has 0 bridgehead atoms. The molecule has 1 aromatic carbocycles. The molecule has 0 saturated heterocycles. The normalized spacial score (nSPS) is 11.1. The third-order valence-electron chi connectivity index (χ3n) is 3.56. The summed E-state index contributed by atoms with van der Waals surface area (Å²) in [5, 5.41) is 13.7. The zero-order valence-electron chi connectivity index (χ0n) is 12.5. The predicted molar refractivity (Wildman–Crippen MR) is 90.0 cm³/mol. The van der Waals surface area contributed by atoms with Crippen LogP contribution in [-0.4, -0.2) is 20.7 Å². The standard InChI is InChI=1S/C15H15ClN4OS/c1-4-20-12-6-5-10(16)7-11(12)8(2)13(20)14(21)17-15-19-18-9(3)22-15/h5-7H,4H2,1-3H3,(H,17,19,21). The molecule has 22 heavy (non-hydrogen) atoms. The number of rotatable bonds is 3. The minimum absolute atomic E-state index is 0.178. The number of carbonyl (C=O) groups excluding carboxylic acids is 1. The van der Waals surface area contributed by atoms with E-state index in [0.29, 0.717) is 22.4 Å². The van der Waals surface area contributed by atoms with Crippen LogP contribution in [0.1, 0.15) is 28.0 Å². The van der Waals surface area contributed by atoms with E-state index in [1.165, 1.54) is 11.3 Å². The van der Waals surface area contributed by atoms with Gasteiger partial charge in [-0.2, -0.15) is 0 Å². The van der Waals surface area contributed by atoms with Gasteiger partial charge in [-0.3, -0.25) is 10.1 Å². The predicted octanol–water partition coefficient (Wildman–Crippen LogP) is 4.04. The zero-order valence-corrected chi connectivity index (χ0v) is 14.0. The highest BCUT2D eigenvalue weighted by molar-refractivity contribution is 7.15. The molecule has 114 valence electrons. The molecular formula is C15H15ClN4OS. The summed E-state index contributed by atoms with van der Waals surface area (Å²) in [5.74, 6) is -0.178. The second-order valence-electron chi connectivity index (χ2n) is 4.96.